The minimum absolute atomic E-state index is 0.116. The third kappa shape index (κ3) is 6.76. The number of nitrogens with one attached hydrogen (secondary N) is 1. The van der Waals surface area contributed by atoms with E-state index in [2.05, 4.69) is 5.32 Å². The summed E-state index contributed by atoms with van der Waals surface area (Å²) in [6.07, 6.45) is -0.618. The molecule has 1 aromatic rings. The number of carbonyl (C=O) groups is 1. The Balaban J connectivity index is 2.33. The van der Waals surface area contributed by atoms with Crippen molar-refractivity contribution in [2.24, 2.45) is 0 Å². The van der Waals surface area contributed by atoms with Crippen molar-refractivity contribution in [3.63, 3.8) is 0 Å². The van der Waals surface area contributed by atoms with Crippen molar-refractivity contribution >= 4 is 6.09 Å². The summed E-state index contributed by atoms with van der Waals surface area (Å²) in [5.74, 6) is 0. The molecule has 0 saturated carbocycles. The van der Waals surface area contributed by atoms with E-state index in [0.29, 0.717) is 6.61 Å². The molecule has 0 aromatic heterocycles. The maximum absolute atomic E-state index is 11.5. The van der Waals surface area contributed by atoms with Crippen molar-refractivity contribution < 1.29 is 14.3 Å². The zero-order valence-electron chi connectivity index (χ0n) is 12.1. The lowest BCUT2D eigenvalue weighted by Gasteiger charge is -2.21. The van der Waals surface area contributed by atoms with Crippen molar-refractivity contribution in [1.29, 1.82) is 5.26 Å². The number of hydrogen-bond acceptors (Lipinski definition) is 4. The summed E-state index contributed by atoms with van der Waals surface area (Å²) in [6, 6.07) is 10.9. The summed E-state index contributed by atoms with van der Waals surface area (Å²) in [5, 5.41) is 11.4. The second kappa shape index (κ2) is 7.51. The zero-order valence-corrected chi connectivity index (χ0v) is 12.1. The molecule has 1 atom stereocenters. The van der Waals surface area contributed by atoms with Gasteiger partial charge < -0.3 is 14.8 Å². The number of rotatable bonds is 5. The van der Waals surface area contributed by atoms with Gasteiger partial charge in [0.15, 0.2) is 0 Å². The van der Waals surface area contributed by atoms with E-state index >= 15 is 0 Å². The predicted molar refractivity (Wildman–Crippen MR) is 74.9 cm³/mol. The molecule has 0 saturated heterocycles. The van der Waals surface area contributed by atoms with Crippen LogP contribution in [0.3, 0.4) is 0 Å². The van der Waals surface area contributed by atoms with E-state index in [9.17, 15) is 4.79 Å². The number of ether oxygens (including phenoxy) is 2. The molecule has 1 rings (SSSR count). The minimum Gasteiger partial charge on any atom is -0.444 e. The molecule has 5 nitrogen and oxygen atoms in total. The molecule has 0 aliphatic rings. The van der Waals surface area contributed by atoms with Crippen molar-refractivity contribution in [3.8, 4) is 6.07 Å². The predicted octanol–water partition coefficient (Wildman–Crippen LogP) is 2.62. The molecule has 0 bridgehead atoms. The molecule has 1 aromatic carbocycles. The smallest absolute Gasteiger partial charge is 0.408 e. The second-order valence-corrected chi connectivity index (χ2v) is 5.33. The summed E-state index contributed by atoms with van der Waals surface area (Å²) < 4.78 is 10.5. The fourth-order valence-corrected chi connectivity index (χ4v) is 1.43. The first-order valence-electron chi connectivity index (χ1n) is 6.41. The number of nitrogens with zero attached hydrogens (tertiary/aromatic N) is 1. The van der Waals surface area contributed by atoms with Gasteiger partial charge in [0.25, 0.3) is 0 Å². The number of alkyl carbamates (subject to hydrolysis) is 1. The van der Waals surface area contributed by atoms with E-state index in [0.717, 1.165) is 5.56 Å². The van der Waals surface area contributed by atoms with E-state index < -0.39 is 17.7 Å². The molecule has 0 heterocycles. The van der Waals surface area contributed by atoms with Crippen LogP contribution in [0.2, 0.25) is 0 Å². The topological polar surface area (TPSA) is 71.3 Å². The Bertz CT molecular complexity index is 460. The van der Waals surface area contributed by atoms with Gasteiger partial charge in [0.05, 0.1) is 19.3 Å². The molecule has 0 unspecified atom stereocenters. The Morgan fingerprint density at radius 3 is 2.55 bits per heavy atom. The average molecular weight is 276 g/mol. The molecule has 0 fully saturated rings. The summed E-state index contributed by atoms with van der Waals surface area (Å²) in [5.41, 5.74) is 0.427. The highest BCUT2D eigenvalue weighted by atomic mass is 16.6. The van der Waals surface area contributed by atoms with Crippen LogP contribution in [0.4, 0.5) is 4.79 Å². The molecule has 108 valence electrons. The third-order valence-electron chi connectivity index (χ3n) is 2.24. The largest absolute Gasteiger partial charge is 0.444 e. The van der Waals surface area contributed by atoms with Gasteiger partial charge in [-0.25, -0.2) is 4.79 Å². The number of nitriles is 1. The van der Waals surface area contributed by atoms with E-state index in [4.69, 9.17) is 14.7 Å². The third-order valence-corrected chi connectivity index (χ3v) is 2.24. The van der Waals surface area contributed by atoms with E-state index in [1.54, 1.807) is 20.8 Å². The van der Waals surface area contributed by atoms with Gasteiger partial charge in [-0.15, -0.1) is 0 Å². The summed E-state index contributed by atoms with van der Waals surface area (Å²) >= 11 is 0. The van der Waals surface area contributed by atoms with Crippen LogP contribution in [-0.2, 0) is 16.1 Å². The Morgan fingerprint density at radius 1 is 1.35 bits per heavy atom. The fourth-order valence-electron chi connectivity index (χ4n) is 1.43. The molecular formula is C15H20N2O3. The molecular weight excluding hydrogens is 256 g/mol. The van der Waals surface area contributed by atoms with Crippen LogP contribution in [0.15, 0.2) is 30.3 Å². The lowest BCUT2D eigenvalue weighted by Crippen LogP contribution is -2.40. The zero-order chi connectivity index (χ0) is 15.0. The van der Waals surface area contributed by atoms with Gasteiger partial charge in [-0.05, 0) is 26.3 Å². The van der Waals surface area contributed by atoms with Gasteiger partial charge in [-0.3, -0.25) is 0 Å². The number of hydrogen-bond donors (Lipinski definition) is 1. The van der Waals surface area contributed by atoms with E-state index in [1.165, 1.54) is 0 Å². The van der Waals surface area contributed by atoms with Crippen LogP contribution in [0.1, 0.15) is 26.3 Å². The highest BCUT2D eigenvalue weighted by Gasteiger charge is 2.19. The van der Waals surface area contributed by atoms with Crippen molar-refractivity contribution in [1.82, 2.24) is 5.32 Å². The molecule has 0 radical (unpaired) electrons. The Kier molecular flexibility index (Phi) is 6.01. The van der Waals surface area contributed by atoms with Crippen LogP contribution in [0.5, 0.6) is 0 Å². The SMILES string of the molecule is CC(C)(C)OC(=O)N[C@@H](C#N)COCc1ccccc1. The maximum Gasteiger partial charge on any atom is 0.408 e. The molecule has 0 spiro atoms. The Labute approximate surface area is 119 Å². The normalized spacial score (nSPS) is 12.3. The molecule has 1 N–H and O–H groups in total. The van der Waals surface area contributed by atoms with Crippen LogP contribution in [-0.4, -0.2) is 24.3 Å². The van der Waals surface area contributed by atoms with Crippen LogP contribution in [0.25, 0.3) is 0 Å². The molecule has 0 aliphatic carbocycles. The van der Waals surface area contributed by atoms with Crippen LogP contribution >= 0.6 is 0 Å². The first-order chi connectivity index (χ1) is 9.40. The molecule has 20 heavy (non-hydrogen) atoms. The number of benzene rings is 1. The summed E-state index contributed by atoms with van der Waals surface area (Å²) in [7, 11) is 0. The number of amides is 1. The maximum atomic E-state index is 11.5. The minimum atomic E-state index is -0.728. The highest BCUT2D eigenvalue weighted by Crippen LogP contribution is 2.07. The first kappa shape index (κ1) is 16.0. The van der Waals surface area contributed by atoms with Crippen LogP contribution < -0.4 is 5.32 Å². The second-order valence-electron chi connectivity index (χ2n) is 5.33. The van der Waals surface area contributed by atoms with E-state index in [-0.39, 0.29) is 6.61 Å². The molecule has 5 heteroatoms. The molecule has 0 aliphatic heterocycles. The highest BCUT2D eigenvalue weighted by molar-refractivity contribution is 5.68. The van der Waals surface area contributed by atoms with Crippen molar-refractivity contribution in [2.75, 3.05) is 6.61 Å². The van der Waals surface area contributed by atoms with Crippen molar-refractivity contribution in [2.45, 2.75) is 39.0 Å². The van der Waals surface area contributed by atoms with Gasteiger partial charge in [-0.2, -0.15) is 5.26 Å². The van der Waals surface area contributed by atoms with Crippen molar-refractivity contribution in [3.05, 3.63) is 35.9 Å². The van der Waals surface area contributed by atoms with Gasteiger partial charge in [-0.1, -0.05) is 30.3 Å². The van der Waals surface area contributed by atoms with Gasteiger partial charge in [0.1, 0.15) is 11.6 Å². The average Bonchev–Trinajstić information content (AvgIpc) is 2.36. The monoisotopic (exact) mass is 276 g/mol. The fraction of sp³-hybridized carbons (Fsp3) is 0.467. The Morgan fingerprint density at radius 2 is 2.00 bits per heavy atom. The number of carbonyl (C=O) groups excluding carboxylic acids is 1. The Hall–Kier alpha value is -2.06. The van der Waals surface area contributed by atoms with Gasteiger partial charge in [0.2, 0.25) is 0 Å². The lowest BCUT2D eigenvalue weighted by molar-refractivity contribution is 0.0462. The van der Waals surface area contributed by atoms with Gasteiger partial charge >= 0.3 is 6.09 Å². The lowest BCUT2D eigenvalue weighted by atomic mass is 10.2. The summed E-state index contributed by atoms with van der Waals surface area (Å²) in [6.45, 7) is 5.80. The first-order valence-corrected chi connectivity index (χ1v) is 6.41. The molecule has 1 amide bonds. The summed E-state index contributed by atoms with van der Waals surface area (Å²) in [4.78, 5) is 11.5. The van der Waals surface area contributed by atoms with Gasteiger partial charge in [0, 0.05) is 0 Å². The van der Waals surface area contributed by atoms with Crippen LogP contribution in [0, 0.1) is 11.3 Å². The quantitative estimate of drug-likeness (QED) is 0.897. The van der Waals surface area contributed by atoms with E-state index in [1.807, 2.05) is 36.4 Å². The standard InChI is InChI=1S/C15H20N2O3/c1-15(2,3)20-14(18)17-13(9-16)11-19-10-12-7-5-4-6-8-12/h4-8,13H,10-11H2,1-3H3,(H,17,18)/t13-/m0/s1.